The summed E-state index contributed by atoms with van der Waals surface area (Å²) < 4.78 is 0. The lowest BCUT2D eigenvalue weighted by Gasteiger charge is -2.44. The van der Waals surface area contributed by atoms with Crippen molar-refractivity contribution >= 4 is 6.03 Å². The molecule has 3 nitrogen and oxygen atoms in total. The molecule has 1 aliphatic carbocycles. The van der Waals surface area contributed by atoms with Crippen LogP contribution in [0.25, 0.3) is 0 Å². The summed E-state index contributed by atoms with van der Waals surface area (Å²) in [6.07, 6.45) is 7.72. The molecular weight excluding hydrogens is 200 g/mol. The third-order valence-electron chi connectivity index (χ3n) is 3.92. The lowest BCUT2D eigenvalue weighted by Crippen LogP contribution is -2.54. The van der Waals surface area contributed by atoms with E-state index in [1.165, 1.54) is 38.5 Å². The fourth-order valence-electron chi connectivity index (χ4n) is 3.21. The van der Waals surface area contributed by atoms with E-state index in [1.807, 2.05) is 13.8 Å². The average Bonchev–Trinajstić information content (AvgIpc) is 2.27. The van der Waals surface area contributed by atoms with Gasteiger partial charge in [-0.1, -0.05) is 12.8 Å². The smallest absolute Gasteiger partial charge is 0.317 e. The van der Waals surface area contributed by atoms with Crippen molar-refractivity contribution in [1.82, 2.24) is 10.2 Å². The minimum Gasteiger partial charge on any atom is -0.336 e. The maximum Gasteiger partial charge on any atom is 0.317 e. The van der Waals surface area contributed by atoms with Gasteiger partial charge in [0.15, 0.2) is 0 Å². The number of nitrogens with zero attached hydrogens (tertiary/aromatic N) is 1. The van der Waals surface area contributed by atoms with Crippen molar-refractivity contribution in [2.24, 2.45) is 5.92 Å². The van der Waals surface area contributed by atoms with Gasteiger partial charge in [0.1, 0.15) is 0 Å². The first-order valence-electron chi connectivity index (χ1n) is 6.75. The standard InChI is InChI=1S/C13H24N2O/c1-10(2)14-13(16)15-9-5-7-11-6-3-4-8-12(11)15/h10-12H,3-9H2,1-2H3,(H,14,16)/t11-,12-/m1/s1. The van der Waals surface area contributed by atoms with Gasteiger partial charge in [0.2, 0.25) is 0 Å². The van der Waals surface area contributed by atoms with Gasteiger partial charge < -0.3 is 10.2 Å². The number of hydrogen-bond acceptors (Lipinski definition) is 1. The van der Waals surface area contributed by atoms with Gasteiger partial charge >= 0.3 is 6.03 Å². The Kier molecular flexibility index (Phi) is 3.72. The van der Waals surface area contributed by atoms with E-state index in [-0.39, 0.29) is 12.1 Å². The van der Waals surface area contributed by atoms with Crippen LogP contribution in [0.5, 0.6) is 0 Å². The second kappa shape index (κ2) is 5.07. The molecule has 92 valence electrons. The molecule has 3 heteroatoms. The van der Waals surface area contributed by atoms with Crippen molar-refractivity contribution in [1.29, 1.82) is 0 Å². The first-order chi connectivity index (χ1) is 7.68. The molecule has 16 heavy (non-hydrogen) atoms. The summed E-state index contributed by atoms with van der Waals surface area (Å²) in [5, 5.41) is 3.03. The van der Waals surface area contributed by atoms with E-state index in [2.05, 4.69) is 10.2 Å². The normalized spacial score (nSPS) is 30.1. The molecule has 1 aliphatic heterocycles. The number of urea groups is 1. The third kappa shape index (κ3) is 2.50. The van der Waals surface area contributed by atoms with Crippen LogP contribution < -0.4 is 5.32 Å². The number of piperidine rings is 1. The Morgan fingerprint density at radius 3 is 2.62 bits per heavy atom. The van der Waals surface area contributed by atoms with Gasteiger partial charge in [0.25, 0.3) is 0 Å². The molecule has 2 fully saturated rings. The van der Waals surface area contributed by atoms with Gasteiger partial charge in [-0.3, -0.25) is 0 Å². The van der Waals surface area contributed by atoms with Crippen molar-refractivity contribution in [2.45, 2.75) is 64.5 Å². The lowest BCUT2D eigenvalue weighted by molar-refractivity contribution is 0.0832. The van der Waals surface area contributed by atoms with Crippen molar-refractivity contribution in [3.8, 4) is 0 Å². The summed E-state index contributed by atoms with van der Waals surface area (Å²) in [6, 6.07) is 0.935. The highest BCUT2D eigenvalue weighted by atomic mass is 16.2. The Balaban J connectivity index is 1.99. The molecule has 0 aromatic heterocycles. The molecule has 0 aromatic rings. The minimum atomic E-state index is 0.159. The Labute approximate surface area is 98.6 Å². The van der Waals surface area contributed by atoms with Crippen LogP contribution in [0.15, 0.2) is 0 Å². The van der Waals surface area contributed by atoms with E-state index in [4.69, 9.17) is 0 Å². The van der Waals surface area contributed by atoms with Gasteiger partial charge in [0, 0.05) is 18.6 Å². The Morgan fingerprint density at radius 1 is 1.19 bits per heavy atom. The van der Waals surface area contributed by atoms with E-state index < -0.39 is 0 Å². The maximum absolute atomic E-state index is 12.1. The summed E-state index contributed by atoms with van der Waals surface area (Å²) in [5.41, 5.74) is 0. The predicted octanol–water partition coefficient (Wildman–Crippen LogP) is 2.76. The van der Waals surface area contributed by atoms with Gasteiger partial charge in [-0.25, -0.2) is 4.79 Å². The molecule has 1 saturated carbocycles. The summed E-state index contributed by atoms with van der Waals surface area (Å²) in [6.45, 7) is 5.01. The molecule has 1 N–H and O–H groups in total. The Morgan fingerprint density at radius 2 is 1.88 bits per heavy atom. The van der Waals surface area contributed by atoms with E-state index in [0.717, 1.165) is 12.5 Å². The van der Waals surface area contributed by atoms with E-state index in [9.17, 15) is 4.79 Å². The number of carbonyl (C=O) groups is 1. The fourth-order valence-corrected chi connectivity index (χ4v) is 3.21. The Hall–Kier alpha value is -0.730. The number of rotatable bonds is 1. The molecule has 0 unspecified atom stereocenters. The highest BCUT2D eigenvalue weighted by Crippen LogP contribution is 2.35. The van der Waals surface area contributed by atoms with Crippen LogP contribution in [0.2, 0.25) is 0 Å². The predicted molar refractivity (Wildman–Crippen MR) is 65.4 cm³/mol. The van der Waals surface area contributed by atoms with Crippen LogP contribution in [0.4, 0.5) is 4.79 Å². The lowest BCUT2D eigenvalue weighted by atomic mass is 9.78. The number of likely N-dealkylation sites (tertiary alicyclic amines) is 1. The molecule has 2 rings (SSSR count). The van der Waals surface area contributed by atoms with E-state index >= 15 is 0 Å². The topological polar surface area (TPSA) is 32.3 Å². The molecular formula is C13H24N2O. The molecule has 1 heterocycles. The second-order valence-electron chi connectivity index (χ2n) is 5.55. The van der Waals surface area contributed by atoms with E-state index in [1.54, 1.807) is 0 Å². The number of amides is 2. The highest BCUT2D eigenvalue weighted by molar-refractivity contribution is 5.75. The number of nitrogens with one attached hydrogen (secondary N) is 1. The van der Waals surface area contributed by atoms with Crippen LogP contribution in [0, 0.1) is 5.92 Å². The molecule has 0 aromatic carbocycles. The summed E-state index contributed by atoms with van der Waals surface area (Å²) >= 11 is 0. The van der Waals surface area contributed by atoms with Crippen molar-refractivity contribution in [3.63, 3.8) is 0 Å². The average molecular weight is 224 g/mol. The number of hydrogen-bond donors (Lipinski definition) is 1. The first-order valence-corrected chi connectivity index (χ1v) is 6.75. The largest absolute Gasteiger partial charge is 0.336 e. The molecule has 0 radical (unpaired) electrons. The molecule has 0 spiro atoms. The molecule has 1 saturated heterocycles. The van der Waals surface area contributed by atoms with Gasteiger partial charge in [0.05, 0.1) is 0 Å². The van der Waals surface area contributed by atoms with Crippen molar-refractivity contribution in [2.75, 3.05) is 6.54 Å². The van der Waals surface area contributed by atoms with Crippen LogP contribution >= 0.6 is 0 Å². The van der Waals surface area contributed by atoms with Crippen LogP contribution in [-0.4, -0.2) is 29.6 Å². The molecule has 2 aliphatic rings. The van der Waals surface area contributed by atoms with Crippen LogP contribution in [0.1, 0.15) is 52.4 Å². The summed E-state index contributed by atoms with van der Waals surface area (Å²) in [5.74, 6) is 0.778. The summed E-state index contributed by atoms with van der Waals surface area (Å²) in [4.78, 5) is 14.2. The zero-order chi connectivity index (χ0) is 11.5. The van der Waals surface area contributed by atoms with E-state index in [0.29, 0.717) is 6.04 Å². The second-order valence-corrected chi connectivity index (χ2v) is 5.55. The first kappa shape index (κ1) is 11.7. The fraction of sp³-hybridized carbons (Fsp3) is 0.923. The zero-order valence-electron chi connectivity index (χ0n) is 10.5. The number of carbonyl (C=O) groups excluding carboxylic acids is 1. The van der Waals surface area contributed by atoms with Gasteiger partial charge in [-0.05, 0) is 45.4 Å². The highest BCUT2D eigenvalue weighted by Gasteiger charge is 2.35. The molecule has 2 atom stereocenters. The minimum absolute atomic E-state index is 0.159. The van der Waals surface area contributed by atoms with Gasteiger partial charge in [-0.15, -0.1) is 0 Å². The van der Waals surface area contributed by atoms with Crippen molar-refractivity contribution in [3.05, 3.63) is 0 Å². The van der Waals surface area contributed by atoms with Crippen LogP contribution in [0.3, 0.4) is 0 Å². The molecule has 0 bridgehead atoms. The van der Waals surface area contributed by atoms with Gasteiger partial charge in [-0.2, -0.15) is 0 Å². The third-order valence-corrected chi connectivity index (χ3v) is 3.92. The van der Waals surface area contributed by atoms with Crippen LogP contribution in [-0.2, 0) is 0 Å². The Bertz CT molecular complexity index is 250. The maximum atomic E-state index is 12.1. The monoisotopic (exact) mass is 224 g/mol. The zero-order valence-corrected chi connectivity index (χ0v) is 10.5. The molecule has 2 amide bonds. The van der Waals surface area contributed by atoms with Crippen molar-refractivity contribution < 1.29 is 4.79 Å². The quantitative estimate of drug-likeness (QED) is 0.730. The SMILES string of the molecule is CC(C)NC(=O)N1CCC[C@H]2CCCC[C@H]21. The number of fused-ring (bicyclic) bond motifs is 1. The summed E-state index contributed by atoms with van der Waals surface area (Å²) in [7, 11) is 0.